The number of hydrogen-bond donors (Lipinski definition) is 2. The zero-order valence-electron chi connectivity index (χ0n) is 11.9. The average Bonchev–Trinajstić information content (AvgIpc) is 2.44. The number of rotatable bonds is 9. The molecular weight excluding hydrogens is 240 g/mol. The summed E-state index contributed by atoms with van der Waals surface area (Å²) >= 11 is 0. The van der Waals surface area contributed by atoms with E-state index in [0.29, 0.717) is 13.2 Å². The van der Waals surface area contributed by atoms with Gasteiger partial charge in [0.1, 0.15) is 5.75 Å². The van der Waals surface area contributed by atoms with Gasteiger partial charge in [-0.15, -0.1) is 0 Å². The van der Waals surface area contributed by atoms with Crippen molar-refractivity contribution in [2.45, 2.75) is 33.1 Å². The molecule has 1 aromatic carbocycles. The lowest BCUT2D eigenvalue weighted by Crippen LogP contribution is -2.30. The first kappa shape index (κ1) is 15.3. The van der Waals surface area contributed by atoms with E-state index in [1.54, 1.807) is 0 Å². The van der Waals surface area contributed by atoms with Crippen LogP contribution in [0.2, 0.25) is 0 Å². The van der Waals surface area contributed by atoms with Gasteiger partial charge >= 0.3 is 0 Å². The van der Waals surface area contributed by atoms with E-state index >= 15 is 0 Å². The molecule has 1 amide bonds. The lowest BCUT2D eigenvalue weighted by Gasteiger charge is -2.09. The number of amides is 1. The third-order valence-corrected chi connectivity index (χ3v) is 2.61. The highest BCUT2D eigenvalue weighted by atomic mass is 16.5. The standard InChI is InChI=1S/C15H24N2O2/c1-3-5-9-16-15(18)12-17-13-7-6-8-14(11-13)19-10-4-2/h6-8,11,17H,3-5,9-10,12H2,1-2H3,(H,16,18). The molecule has 0 heterocycles. The predicted molar refractivity (Wildman–Crippen MR) is 78.6 cm³/mol. The molecule has 4 nitrogen and oxygen atoms in total. The van der Waals surface area contributed by atoms with E-state index < -0.39 is 0 Å². The molecule has 0 spiro atoms. The molecule has 2 N–H and O–H groups in total. The first-order chi connectivity index (χ1) is 9.26. The highest BCUT2D eigenvalue weighted by Gasteiger charge is 2.01. The summed E-state index contributed by atoms with van der Waals surface area (Å²) in [5.74, 6) is 0.853. The second-order valence-corrected chi connectivity index (χ2v) is 4.43. The Kier molecular flexibility index (Phi) is 7.47. The number of ether oxygens (including phenoxy) is 1. The van der Waals surface area contributed by atoms with Crippen LogP contribution in [0.4, 0.5) is 5.69 Å². The molecule has 0 aliphatic carbocycles. The minimum atomic E-state index is 0.0216. The van der Waals surface area contributed by atoms with Gasteiger partial charge in [-0.3, -0.25) is 4.79 Å². The van der Waals surface area contributed by atoms with Crippen molar-refractivity contribution in [1.29, 1.82) is 0 Å². The van der Waals surface area contributed by atoms with Crippen LogP contribution in [0.3, 0.4) is 0 Å². The van der Waals surface area contributed by atoms with Crippen molar-refractivity contribution in [2.75, 3.05) is 25.0 Å². The van der Waals surface area contributed by atoms with Gasteiger partial charge < -0.3 is 15.4 Å². The molecule has 19 heavy (non-hydrogen) atoms. The number of anilines is 1. The summed E-state index contributed by atoms with van der Waals surface area (Å²) in [5.41, 5.74) is 0.902. The first-order valence-electron chi connectivity index (χ1n) is 6.99. The molecule has 0 bridgehead atoms. The van der Waals surface area contributed by atoms with E-state index in [-0.39, 0.29) is 5.91 Å². The Labute approximate surface area is 115 Å². The zero-order chi connectivity index (χ0) is 13.9. The first-order valence-corrected chi connectivity index (χ1v) is 6.99. The van der Waals surface area contributed by atoms with Crippen molar-refractivity contribution in [1.82, 2.24) is 5.32 Å². The molecule has 0 atom stereocenters. The molecule has 0 saturated carbocycles. The topological polar surface area (TPSA) is 50.4 Å². The van der Waals surface area contributed by atoms with Crippen LogP contribution < -0.4 is 15.4 Å². The lowest BCUT2D eigenvalue weighted by atomic mass is 10.3. The number of nitrogens with one attached hydrogen (secondary N) is 2. The number of carbonyl (C=O) groups excluding carboxylic acids is 1. The fourth-order valence-electron chi connectivity index (χ4n) is 1.57. The zero-order valence-corrected chi connectivity index (χ0v) is 11.9. The maximum Gasteiger partial charge on any atom is 0.239 e. The summed E-state index contributed by atoms with van der Waals surface area (Å²) in [4.78, 5) is 11.5. The van der Waals surface area contributed by atoms with E-state index in [9.17, 15) is 4.79 Å². The number of benzene rings is 1. The Morgan fingerprint density at radius 3 is 2.84 bits per heavy atom. The van der Waals surface area contributed by atoms with Crippen molar-refractivity contribution in [2.24, 2.45) is 0 Å². The van der Waals surface area contributed by atoms with Gasteiger partial charge in [-0.2, -0.15) is 0 Å². The van der Waals surface area contributed by atoms with Crippen molar-refractivity contribution in [3.05, 3.63) is 24.3 Å². The van der Waals surface area contributed by atoms with E-state index in [1.807, 2.05) is 24.3 Å². The van der Waals surface area contributed by atoms with Gasteiger partial charge in [-0.05, 0) is 25.0 Å². The minimum absolute atomic E-state index is 0.0216. The van der Waals surface area contributed by atoms with Crippen molar-refractivity contribution >= 4 is 11.6 Å². The average molecular weight is 264 g/mol. The highest BCUT2D eigenvalue weighted by molar-refractivity contribution is 5.80. The molecule has 0 saturated heterocycles. The van der Waals surface area contributed by atoms with Gasteiger partial charge in [-0.1, -0.05) is 26.3 Å². The summed E-state index contributed by atoms with van der Waals surface area (Å²) in [7, 11) is 0. The number of carbonyl (C=O) groups is 1. The Morgan fingerprint density at radius 1 is 1.26 bits per heavy atom. The van der Waals surface area contributed by atoms with Crippen LogP contribution in [-0.2, 0) is 4.79 Å². The highest BCUT2D eigenvalue weighted by Crippen LogP contribution is 2.17. The fourth-order valence-corrected chi connectivity index (χ4v) is 1.57. The predicted octanol–water partition coefficient (Wildman–Crippen LogP) is 2.80. The summed E-state index contributed by atoms with van der Waals surface area (Å²) in [6.45, 7) is 5.92. The summed E-state index contributed by atoms with van der Waals surface area (Å²) < 4.78 is 5.54. The summed E-state index contributed by atoms with van der Waals surface area (Å²) in [6, 6.07) is 7.68. The molecule has 0 fully saturated rings. The van der Waals surface area contributed by atoms with Crippen molar-refractivity contribution < 1.29 is 9.53 Å². The van der Waals surface area contributed by atoms with Crippen molar-refractivity contribution in [3.63, 3.8) is 0 Å². The quantitative estimate of drug-likeness (QED) is 0.674. The van der Waals surface area contributed by atoms with Crippen LogP contribution in [0.1, 0.15) is 33.1 Å². The smallest absolute Gasteiger partial charge is 0.239 e. The molecular formula is C15H24N2O2. The SMILES string of the molecule is CCCCNC(=O)CNc1cccc(OCCC)c1. The van der Waals surface area contributed by atoms with Gasteiger partial charge in [0.25, 0.3) is 0 Å². The molecule has 1 aromatic rings. The summed E-state index contributed by atoms with van der Waals surface area (Å²) in [6.07, 6.45) is 3.09. The van der Waals surface area contributed by atoms with Crippen LogP contribution in [0.5, 0.6) is 5.75 Å². The third kappa shape index (κ3) is 6.70. The monoisotopic (exact) mass is 264 g/mol. The molecule has 4 heteroatoms. The van der Waals surface area contributed by atoms with Gasteiger partial charge in [-0.25, -0.2) is 0 Å². The maximum atomic E-state index is 11.5. The Balaban J connectivity index is 2.33. The van der Waals surface area contributed by atoms with Gasteiger partial charge in [0, 0.05) is 18.3 Å². The molecule has 0 aliphatic heterocycles. The van der Waals surface area contributed by atoms with Crippen LogP contribution in [0.25, 0.3) is 0 Å². The van der Waals surface area contributed by atoms with Crippen molar-refractivity contribution in [3.8, 4) is 5.75 Å². The van der Waals surface area contributed by atoms with E-state index in [1.165, 1.54) is 0 Å². The minimum Gasteiger partial charge on any atom is -0.494 e. The van der Waals surface area contributed by atoms with Gasteiger partial charge in [0.2, 0.25) is 5.91 Å². The Morgan fingerprint density at radius 2 is 2.11 bits per heavy atom. The third-order valence-electron chi connectivity index (χ3n) is 2.61. The lowest BCUT2D eigenvalue weighted by molar-refractivity contribution is -0.119. The van der Waals surface area contributed by atoms with E-state index in [4.69, 9.17) is 4.74 Å². The van der Waals surface area contributed by atoms with Crippen LogP contribution in [0.15, 0.2) is 24.3 Å². The second-order valence-electron chi connectivity index (χ2n) is 4.43. The number of unbranched alkanes of at least 4 members (excludes halogenated alkanes) is 1. The number of hydrogen-bond acceptors (Lipinski definition) is 3. The normalized spacial score (nSPS) is 10.0. The van der Waals surface area contributed by atoms with Crippen LogP contribution in [0, 0.1) is 0 Å². The summed E-state index contributed by atoms with van der Waals surface area (Å²) in [5, 5.41) is 5.97. The maximum absolute atomic E-state index is 11.5. The van der Waals surface area contributed by atoms with E-state index in [2.05, 4.69) is 24.5 Å². The van der Waals surface area contributed by atoms with Gasteiger partial charge in [0.05, 0.1) is 13.2 Å². The Hall–Kier alpha value is -1.71. The fraction of sp³-hybridized carbons (Fsp3) is 0.533. The molecule has 0 radical (unpaired) electrons. The molecule has 0 aliphatic rings. The molecule has 0 aromatic heterocycles. The second kappa shape index (κ2) is 9.25. The Bertz CT molecular complexity index is 380. The molecule has 0 unspecified atom stereocenters. The molecule has 1 rings (SSSR count). The van der Waals surface area contributed by atoms with Gasteiger partial charge in [0.15, 0.2) is 0 Å². The van der Waals surface area contributed by atoms with Crippen LogP contribution >= 0.6 is 0 Å². The largest absolute Gasteiger partial charge is 0.494 e. The molecule has 106 valence electrons. The van der Waals surface area contributed by atoms with Crippen LogP contribution in [-0.4, -0.2) is 25.6 Å². The van der Waals surface area contributed by atoms with E-state index in [0.717, 1.165) is 37.2 Å².